The number of likely N-dealkylation sites (tertiary alicyclic amines) is 1. The van der Waals surface area contributed by atoms with E-state index >= 15 is 0 Å². The number of halogens is 2. The molecule has 2 rings (SSSR count). The van der Waals surface area contributed by atoms with Gasteiger partial charge in [-0.3, -0.25) is 9.69 Å². The van der Waals surface area contributed by atoms with Crippen LogP contribution in [0.5, 0.6) is 0 Å². The van der Waals surface area contributed by atoms with E-state index in [1.807, 2.05) is 22.6 Å². The van der Waals surface area contributed by atoms with Crippen LogP contribution in [0.15, 0.2) is 18.2 Å². The largest absolute Gasteiger partial charge is 0.350 e. The maximum absolute atomic E-state index is 13.1. The minimum atomic E-state index is -0.315. The smallest absolute Gasteiger partial charge is 0.252 e. The SMILES string of the molecule is CC(C)(CNC(=O)c1ccc(F)cc1I)N1CCCCC1. The average Bonchev–Trinajstić information content (AvgIpc) is 2.46. The molecule has 5 heteroatoms. The monoisotopic (exact) mass is 404 g/mol. The number of piperidine rings is 1. The molecule has 1 fully saturated rings. The maximum Gasteiger partial charge on any atom is 0.252 e. The molecule has 1 heterocycles. The minimum Gasteiger partial charge on any atom is -0.350 e. The molecule has 0 spiro atoms. The maximum atomic E-state index is 13.1. The fourth-order valence-corrected chi connectivity index (χ4v) is 3.40. The molecule has 0 aliphatic carbocycles. The first-order valence-corrected chi connectivity index (χ1v) is 8.46. The van der Waals surface area contributed by atoms with Crippen molar-refractivity contribution in [3.05, 3.63) is 33.1 Å². The van der Waals surface area contributed by atoms with Crippen molar-refractivity contribution in [3.63, 3.8) is 0 Å². The third-order valence-corrected chi connectivity index (χ3v) is 4.96. The molecule has 1 aromatic rings. The number of hydrogen-bond acceptors (Lipinski definition) is 2. The molecule has 1 aliphatic rings. The van der Waals surface area contributed by atoms with E-state index in [9.17, 15) is 9.18 Å². The Morgan fingerprint density at radius 2 is 2.00 bits per heavy atom. The zero-order valence-electron chi connectivity index (χ0n) is 12.6. The Hall–Kier alpha value is -0.690. The van der Waals surface area contributed by atoms with Gasteiger partial charge in [-0.05, 0) is 80.6 Å². The molecule has 0 atom stereocenters. The van der Waals surface area contributed by atoms with Crippen LogP contribution in [0.1, 0.15) is 43.5 Å². The van der Waals surface area contributed by atoms with Gasteiger partial charge in [0, 0.05) is 15.7 Å². The van der Waals surface area contributed by atoms with E-state index in [2.05, 4.69) is 24.1 Å². The fraction of sp³-hybridized carbons (Fsp3) is 0.562. The number of carbonyl (C=O) groups excluding carboxylic acids is 1. The van der Waals surface area contributed by atoms with Gasteiger partial charge in [0.25, 0.3) is 5.91 Å². The molecule has 1 amide bonds. The quantitative estimate of drug-likeness (QED) is 0.781. The fourth-order valence-electron chi connectivity index (χ4n) is 2.68. The third-order valence-electron chi connectivity index (χ3n) is 4.07. The highest BCUT2D eigenvalue weighted by Crippen LogP contribution is 2.20. The highest BCUT2D eigenvalue weighted by molar-refractivity contribution is 14.1. The lowest BCUT2D eigenvalue weighted by molar-refractivity contribution is 0.0797. The van der Waals surface area contributed by atoms with Crippen molar-refractivity contribution in [1.82, 2.24) is 10.2 Å². The first-order chi connectivity index (χ1) is 9.90. The van der Waals surface area contributed by atoms with E-state index in [0.29, 0.717) is 15.7 Å². The highest BCUT2D eigenvalue weighted by atomic mass is 127. The summed E-state index contributed by atoms with van der Waals surface area (Å²) in [4.78, 5) is 14.7. The van der Waals surface area contributed by atoms with Gasteiger partial charge in [0.15, 0.2) is 0 Å². The highest BCUT2D eigenvalue weighted by Gasteiger charge is 2.28. The average molecular weight is 404 g/mol. The first kappa shape index (κ1) is 16.7. The molecule has 1 saturated heterocycles. The predicted molar refractivity (Wildman–Crippen MR) is 91.0 cm³/mol. The van der Waals surface area contributed by atoms with Crippen LogP contribution in [-0.4, -0.2) is 36.0 Å². The van der Waals surface area contributed by atoms with E-state index < -0.39 is 0 Å². The second-order valence-corrected chi connectivity index (χ2v) is 7.33. The Morgan fingerprint density at radius 3 is 2.62 bits per heavy atom. The van der Waals surface area contributed by atoms with Gasteiger partial charge in [-0.1, -0.05) is 6.42 Å². The molecule has 0 saturated carbocycles. The van der Waals surface area contributed by atoms with Crippen molar-refractivity contribution in [2.24, 2.45) is 0 Å². The van der Waals surface area contributed by atoms with Crippen LogP contribution in [-0.2, 0) is 0 Å². The normalized spacial score (nSPS) is 16.8. The minimum absolute atomic E-state index is 0.0540. The summed E-state index contributed by atoms with van der Waals surface area (Å²) in [7, 11) is 0. The summed E-state index contributed by atoms with van der Waals surface area (Å²) in [6.45, 7) is 7.11. The second-order valence-electron chi connectivity index (χ2n) is 6.17. The van der Waals surface area contributed by atoms with Crippen molar-refractivity contribution < 1.29 is 9.18 Å². The van der Waals surface area contributed by atoms with Crippen molar-refractivity contribution >= 4 is 28.5 Å². The van der Waals surface area contributed by atoms with E-state index in [4.69, 9.17) is 0 Å². The Balaban J connectivity index is 1.96. The van der Waals surface area contributed by atoms with Crippen molar-refractivity contribution in [1.29, 1.82) is 0 Å². The van der Waals surface area contributed by atoms with E-state index in [0.717, 1.165) is 13.1 Å². The van der Waals surface area contributed by atoms with Crippen LogP contribution in [0.25, 0.3) is 0 Å². The number of carbonyl (C=O) groups is 1. The molecule has 0 radical (unpaired) electrons. The summed E-state index contributed by atoms with van der Waals surface area (Å²) >= 11 is 1.99. The summed E-state index contributed by atoms with van der Waals surface area (Å²) < 4.78 is 13.7. The summed E-state index contributed by atoms with van der Waals surface area (Å²) in [5.74, 6) is -0.450. The summed E-state index contributed by atoms with van der Waals surface area (Å²) in [5, 5.41) is 2.99. The lowest BCUT2D eigenvalue weighted by Gasteiger charge is -2.41. The van der Waals surface area contributed by atoms with Crippen LogP contribution < -0.4 is 5.32 Å². The number of nitrogens with zero attached hydrogens (tertiary/aromatic N) is 1. The van der Waals surface area contributed by atoms with Crippen LogP contribution in [0.4, 0.5) is 4.39 Å². The zero-order valence-corrected chi connectivity index (χ0v) is 14.7. The van der Waals surface area contributed by atoms with Gasteiger partial charge >= 0.3 is 0 Å². The molecular formula is C16H22FIN2O. The van der Waals surface area contributed by atoms with Crippen molar-refractivity contribution in [3.8, 4) is 0 Å². The topological polar surface area (TPSA) is 32.3 Å². The zero-order chi connectivity index (χ0) is 15.5. The van der Waals surface area contributed by atoms with E-state index in [1.54, 1.807) is 6.07 Å². The number of nitrogens with one attached hydrogen (secondary N) is 1. The second kappa shape index (κ2) is 7.05. The van der Waals surface area contributed by atoms with Crippen LogP contribution in [0.3, 0.4) is 0 Å². The number of rotatable bonds is 4. The Morgan fingerprint density at radius 1 is 1.33 bits per heavy atom. The molecule has 1 N–H and O–H groups in total. The molecular weight excluding hydrogens is 382 g/mol. The Labute approximate surface area is 139 Å². The molecule has 1 aromatic carbocycles. The van der Waals surface area contributed by atoms with Gasteiger partial charge < -0.3 is 5.32 Å². The van der Waals surface area contributed by atoms with Crippen LogP contribution >= 0.6 is 22.6 Å². The first-order valence-electron chi connectivity index (χ1n) is 7.38. The molecule has 21 heavy (non-hydrogen) atoms. The molecule has 116 valence electrons. The molecule has 1 aliphatic heterocycles. The number of hydrogen-bond donors (Lipinski definition) is 1. The van der Waals surface area contributed by atoms with Crippen molar-refractivity contribution in [2.75, 3.05) is 19.6 Å². The Kier molecular flexibility index (Phi) is 5.60. The number of amides is 1. The van der Waals surface area contributed by atoms with Gasteiger partial charge in [-0.25, -0.2) is 4.39 Å². The van der Waals surface area contributed by atoms with Crippen LogP contribution in [0.2, 0.25) is 0 Å². The Bertz CT molecular complexity index is 513. The van der Waals surface area contributed by atoms with Gasteiger partial charge in [-0.2, -0.15) is 0 Å². The van der Waals surface area contributed by atoms with E-state index in [1.165, 1.54) is 31.4 Å². The number of benzene rings is 1. The van der Waals surface area contributed by atoms with Crippen molar-refractivity contribution in [2.45, 2.75) is 38.6 Å². The lowest BCUT2D eigenvalue weighted by atomic mass is 9.98. The summed E-state index contributed by atoms with van der Waals surface area (Å²) in [6, 6.07) is 4.25. The molecule has 0 bridgehead atoms. The molecule has 0 unspecified atom stereocenters. The van der Waals surface area contributed by atoms with Gasteiger partial charge in [0.05, 0.1) is 5.56 Å². The predicted octanol–water partition coefficient (Wildman–Crippen LogP) is 3.42. The van der Waals surface area contributed by atoms with E-state index in [-0.39, 0.29) is 17.3 Å². The standard InChI is InChI=1S/C16H22FIN2O/c1-16(2,20-8-4-3-5-9-20)11-19-15(21)13-7-6-12(17)10-14(13)18/h6-7,10H,3-5,8-9,11H2,1-2H3,(H,19,21). The van der Waals surface area contributed by atoms with Gasteiger partial charge in [0.1, 0.15) is 5.82 Å². The third kappa shape index (κ3) is 4.39. The molecule has 0 aromatic heterocycles. The van der Waals surface area contributed by atoms with Gasteiger partial charge in [-0.15, -0.1) is 0 Å². The van der Waals surface area contributed by atoms with Gasteiger partial charge in [0.2, 0.25) is 0 Å². The summed E-state index contributed by atoms with van der Waals surface area (Å²) in [6.07, 6.45) is 3.76. The van der Waals surface area contributed by atoms with Crippen LogP contribution in [0, 0.1) is 9.39 Å². The summed E-state index contributed by atoms with van der Waals surface area (Å²) in [5.41, 5.74) is 0.480. The lowest BCUT2D eigenvalue weighted by Crippen LogP contribution is -2.53. The molecule has 3 nitrogen and oxygen atoms in total.